The maximum absolute atomic E-state index is 11.3. The summed E-state index contributed by atoms with van der Waals surface area (Å²) in [6.07, 6.45) is 16.4. The first-order valence-electron chi connectivity index (χ1n) is 10.7. The van der Waals surface area contributed by atoms with Gasteiger partial charge in [0.1, 0.15) is 0 Å². The molecule has 1 unspecified atom stereocenters. The molecule has 0 spiro atoms. The molecule has 3 aliphatic rings. The van der Waals surface area contributed by atoms with Crippen molar-refractivity contribution in [3.05, 3.63) is 0 Å². The Morgan fingerprint density at radius 3 is 1.30 bits per heavy atom. The lowest BCUT2D eigenvalue weighted by molar-refractivity contribution is -0.0859. The minimum Gasteiger partial charge on any atom is -0.390 e. The summed E-state index contributed by atoms with van der Waals surface area (Å²) in [7, 11) is 0. The molecular weight excluding hydrogens is 280 g/mol. The predicted octanol–water partition coefficient (Wildman–Crippen LogP) is 6.20. The van der Waals surface area contributed by atoms with E-state index in [1.54, 1.807) is 0 Å². The van der Waals surface area contributed by atoms with Crippen molar-refractivity contribution in [2.75, 3.05) is 0 Å². The second-order valence-corrected chi connectivity index (χ2v) is 9.81. The van der Waals surface area contributed by atoms with Crippen LogP contribution in [0.2, 0.25) is 0 Å². The van der Waals surface area contributed by atoms with Crippen LogP contribution in [0.4, 0.5) is 0 Å². The van der Waals surface area contributed by atoms with Crippen LogP contribution in [-0.4, -0.2) is 10.7 Å². The van der Waals surface area contributed by atoms with Crippen LogP contribution in [0.1, 0.15) is 97.8 Å². The Kier molecular flexibility index (Phi) is 5.76. The normalized spacial score (nSPS) is 45.4. The Bertz CT molecular complexity index is 350. The minimum atomic E-state index is -0.397. The lowest BCUT2D eigenvalue weighted by atomic mass is 9.62. The molecule has 0 amide bonds. The summed E-state index contributed by atoms with van der Waals surface area (Å²) in [5.74, 6) is 4.97. The number of aliphatic hydroxyl groups is 1. The van der Waals surface area contributed by atoms with Gasteiger partial charge in [0.15, 0.2) is 0 Å². The molecule has 0 radical (unpaired) electrons. The molecule has 3 saturated carbocycles. The molecule has 0 heterocycles. The second-order valence-electron chi connectivity index (χ2n) is 9.81. The number of hydrogen-bond acceptors (Lipinski definition) is 1. The molecule has 0 saturated heterocycles. The summed E-state index contributed by atoms with van der Waals surface area (Å²) in [4.78, 5) is 0. The van der Waals surface area contributed by atoms with Gasteiger partial charge in [0.2, 0.25) is 0 Å². The van der Waals surface area contributed by atoms with Gasteiger partial charge in [0.05, 0.1) is 5.60 Å². The minimum absolute atomic E-state index is 0.397. The van der Waals surface area contributed by atoms with Crippen molar-refractivity contribution >= 4 is 0 Å². The molecule has 0 bridgehead atoms. The Morgan fingerprint density at radius 2 is 0.870 bits per heavy atom. The highest BCUT2D eigenvalue weighted by atomic mass is 16.3. The topological polar surface area (TPSA) is 20.2 Å². The first kappa shape index (κ1) is 17.8. The smallest absolute Gasteiger partial charge is 0.0675 e. The van der Waals surface area contributed by atoms with E-state index >= 15 is 0 Å². The van der Waals surface area contributed by atoms with Crippen LogP contribution >= 0.6 is 0 Å². The average molecular weight is 321 g/mol. The van der Waals surface area contributed by atoms with Gasteiger partial charge in [-0.25, -0.2) is 0 Å². The molecule has 0 aromatic carbocycles. The highest BCUT2D eigenvalue weighted by Gasteiger charge is 2.42. The van der Waals surface area contributed by atoms with Crippen LogP contribution < -0.4 is 0 Å². The second kappa shape index (κ2) is 7.46. The molecule has 1 N–H and O–H groups in total. The zero-order chi connectivity index (χ0) is 16.4. The molecule has 1 heteroatoms. The van der Waals surface area contributed by atoms with Gasteiger partial charge < -0.3 is 5.11 Å². The van der Waals surface area contributed by atoms with Crippen molar-refractivity contribution in [2.24, 2.45) is 35.5 Å². The predicted molar refractivity (Wildman–Crippen MR) is 98.3 cm³/mol. The maximum Gasteiger partial charge on any atom is 0.0675 e. The summed E-state index contributed by atoms with van der Waals surface area (Å²) in [6.45, 7) is 6.98. The molecule has 0 aromatic rings. The van der Waals surface area contributed by atoms with Gasteiger partial charge in [-0.05, 0) is 93.8 Å². The summed E-state index contributed by atoms with van der Waals surface area (Å²) in [5, 5.41) is 11.3. The Morgan fingerprint density at radius 1 is 0.565 bits per heavy atom. The van der Waals surface area contributed by atoms with E-state index in [4.69, 9.17) is 0 Å². The monoisotopic (exact) mass is 320 g/mol. The van der Waals surface area contributed by atoms with E-state index in [2.05, 4.69) is 20.8 Å². The quantitative estimate of drug-likeness (QED) is 0.656. The Hall–Kier alpha value is -0.0400. The van der Waals surface area contributed by atoms with Crippen LogP contribution in [0.25, 0.3) is 0 Å². The van der Waals surface area contributed by atoms with Crippen molar-refractivity contribution in [2.45, 2.75) is 103 Å². The molecule has 1 nitrogen and oxygen atoms in total. The van der Waals surface area contributed by atoms with Gasteiger partial charge in [-0.3, -0.25) is 0 Å². The van der Waals surface area contributed by atoms with Crippen molar-refractivity contribution < 1.29 is 5.11 Å². The van der Waals surface area contributed by atoms with Crippen LogP contribution in [0, 0.1) is 35.5 Å². The van der Waals surface area contributed by atoms with E-state index in [0.717, 1.165) is 23.7 Å². The zero-order valence-corrected chi connectivity index (χ0v) is 15.9. The zero-order valence-electron chi connectivity index (χ0n) is 15.9. The van der Waals surface area contributed by atoms with E-state index in [1.165, 1.54) is 77.0 Å². The molecule has 1 atom stereocenters. The van der Waals surface area contributed by atoms with E-state index in [0.29, 0.717) is 11.8 Å². The van der Waals surface area contributed by atoms with Gasteiger partial charge in [-0.1, -0.05) is 39.5 Å². The first-order chi connectivity index (χ1) is 11.0. The summed E-state index contributed by atoms with van der Waals surface area (Å²) in [5.41, 5.74) is -0.397. The van der Waals surface area contributed by atoms with Crippen LogP contribution in [-0.2, 0) is 0 Å². The Labute approximate surface area is 144 Å². The fraction of sp³-hybridized carbons (Fsp3) is 1.00. The van der Waals surface area contributed by atoms with Gasteiger partial charge >= 0.3 is 0 Å². The highest BCUT2D eigenvalue weighted by molar-refractivity contribution is 4.94. The summed E-state index contributed by atoms with van der Waals surface area (Å²) >= 11 is 0. The van der Waals surface area contributed by atoms with Gasteiger partial charge in [0.25, 0.3) is 0 Å². The molecule has 134 valence electrons. The molecule has 3 rings (SSSR count). The third-order valence-corrected chi connectivity index (χ3v) is 8.17. The first-order valence-corrected chi connectivity index (χ1v) is 10.7. The third kappa shape index (κ3) is 4.14. The van der Waals surface area contributed by atoms with Gasteiger partial charge in [-0.2, -0.15) is 0 Å². The van der Waals surface area contributed by atoms with Crippen molar-refractivity contribution in [3.63, 3.8) is 0 Å². The summed E-state index contributed by atoms with van der Waals surface area (Å²) in [6, 6.07) is 0. The van der Waals surface area contributed by atoms with Crippen LogP contribution in [0.15, 0.2) is 0 Å². The largest absolute Gasteiger partial charge is 0.390 e. The molecule has 3 fully saturated rings. The van der Waals surface area contributed by atoms with Crippen LogP contribution in [0.3, 0.4) is 0 Å². The molecule has 3 aliphatic carbocycles. The van der Waals surface area contributed by atoms with Gasteiger partial charge in [0, 0.05) is 0 Å². The average Bonchev–Trinajstić information content (AvgIpc) is 2.56. The van der Waals surface area contributed by atoms with Gasteiger partial charge in [-0.15, -0.1) is 0 Å². The third-order valence-electron chi connectivity index (χ3n) is 8.17. The SMILES string of the molecule is CC1CCC(C2CCC(C(C)(O)C3CCC(C)CC3)CC2)CC1. The molecule has 0 aromatic heterocycles. The van der Waals surface area contributed by atoms with Crippen molar-refractivity contribution in [3.8, 4) is 0 Å². The lowest BCUT2D eigenvalue weighted by Crippen LogP contribution is -2.45. The van der Waals surface area contributed by atoms with E-state index in [9.17, 15) is 5.11 Å². The molecule has 0 aliphatic heterocycles. The molecular formula is C22H40O. The molecule has 23 heavy (non-hydrogen) atoms. The van der Waals surface area contributed by atoms with E-state index < -0.39 is 5.60 Å². The van der Waals surface area contributed by atoms with Crippen LogP contribution in [0.5, 0.6) is 0 Å². The summed E-state index contributed by atoms with van der Waals surface area (Å²) < 4.78 is 0. The highest BCUT2D eigenvalue weighted by Crippen LogP contribution is 2.47. The van der Waals surface area contributed by atoms with Crippen molar-refractivity contribution in [1.29, 1.82) is 0 Å². The lowest BCUT2D eigenvalue weighted by Gasteiger charge is -2.46. The number of rotatable bonds is 3. The van der Waals surface area contributed by atoms with Crippen molar-refractivity contribution in [1.82, 2.24) is 0 Å². The standard InChI is InChI=1S/C22H40O/c1-16-4-8-18(9-5-16)19-10-14-21(15-11-19)22(3,23)20-12-6-17(2)7-13-20/h16-21,23H,4-15H2,1-3H3. The maximum atomic E-state index is 11.3. The van der Waals surface area contributed by atoms with E-state index in [-0.39, 0.29) is 0 Å². The fourth-order valence-electron chi connectivity index (χ4n) is 6.11. The fourth-order valence-corrected chi connectivity index (χ4v) is 6.11. The van der Waals surface area contributed by atoms with E-state index in [1.807, 2.05) is 0 Å². The number of hydrogen-bond donors (Lipinski definition) is 1. The Balaban J connectivity index is 1.49.